The average molecular weight is 487 g/mol. The number of hydrogen-bond acceptors (Lipinski definition) is 8. The van der Waals surface area contributed by atoms with E-state index < -0.39 is 10.0 Å². The molecule has 0 bridgehead atoms. The van der Waals surface area contributed by atoms with Gasteiger partial charge in [-0.15, -0.1) is 10.2 Å². The highest BCUT2D eigenvalue weighted by Gasteiger charge is 2.33. The molecular weight excluding hydrogens is 464 g/mol. The molecule has 5 rings (SSSR count). The predicted octanol–water partition coefficient (Wildman–Crippen LogP) is 3.40. The molecule has 3 heterocycles. The number of ether oxygens (including phenoxy) is 2. The Morgan fingerprint density at radius 1 is 1.15 bits per heavy atom. The molecule has 0 radical (unpaired) electrons. The number of anilines is 1. The van der Waals surface area contributed by atoms with Crippen LogP contribution in [0.3, 0.4) is 0 Å². The van der Waals surface area contributed by atoms with Crippen LogP contribution in [0, 0.1) is 6.92 Å². The number of fused-ring (bicyclic) bond motifs is 1. The topological polar surface area (TPSA) is 111 Å². The van der Waals surface area contributed by atoms with Crippen molar-refractivity contribution in [1.82, 2.24) is 14.5 Å². The second-order valence-electron chi connectivity index (χ2n) is 7.99. The molecular formula is C22H22N4O5S2. The number of amides is 1. The highest BCUT2D eigenvalue weighted by atomic mass is 32.2. The van der Waals surface area contributed by atoms with E-state index in [1.54, 1.807) is 36.4 Å². The number of sulfonamides is 1. The number of aryl methyl sites for hydroxylation is 1. The number of aromatic nitrogens is 2. The van der Waals surface area contributed by atoms with Crippen molar-refractivity contribution >= 4 is 33.0 Å². The Morgan fingerprint density at radius 2 is 2.00 bits per heavy atom. The number of piperidine rings is 1. The Kier molecular flexibility index (Phi) is 5.77. The lowest BCUT2D eigenvalue weighted by Crippen LogP contribution is -2.39. The summed E-state index contributed by atoms with van der Waals surface area (Å²) in [5.74, 6) is 0.720. The van der Waals surface area contributed by atoms with Gasteiger partial charge in [-0.25, -0.2) is 8.42 Å². The third-order valence-corrected chi connectivity index (χ3v) is 8.57. The van der Waals surface area contributed by atoms with Crippen molar-refractivity contribution in [1.29, 1.82) is 0 Å². The molecule has 1 amide bonds. The van der Waals surface area contributed by atoms with Crippen LogP contribution >= 0.6 is 11.3 Å². The van der Waals surface area contributed by atoms with Crippen LogP contribution in [0.4, 0.5) is 5.69 Å². The van der Waals surface area contributed by atoms with Crippen molar-refractivity contribution < 1.29 is 22.7 Å². The predicted molar refractivity (Wildman–Crippen MR) is 122 cm³/mol. The summed E-state index contributed by atoms with van der Waals surface area (Å²) in [6.07, 6.45) is 1.51. The number of benzene rings is 2. The molecule has 0 aliphatic carbocycles. The highest BCUT2D eigenvalue weighted by Crippen LogP contribution is 2.35. The number of carbonyl (C=O) groups is 1. The van der Waals surface area contributed by atoms with E-state index in [2.05, 4.69) is 15.5 Å². The first-order chi connectivity index (χ1) is 15.9. The standard InChI is InChI=1S/C22H22N4O5S2/c1-14-4-2-6-17(10-14)33(28,29)26-9-3-5-15(12-26)21-24-25-22(32-21)20(27)23-16-7-8-18-19(11-16)31-13-30-18/h2,4,6-8,10-11,15H,3,5,9,12-13H2,1H3,(H,23,27). The van der Waals surface area contributed by atoms with Crippen molar-refractivity contribution in [3.05, 3.63) is 58.0 Å². The Balaban J connectivity index is 1.28. The molecule has 1 atom stereocenters. The maximum atomic E-state index is 13.1. The van der Waals surface area contributed by atoms with Crippen LogP contribution in [0.5, 0.6) is 11.5 Å². The van der Waals surface area contributed by atoms with Gasteiger partial charge >= 0.3 is 0 Å². The minimum Gasteiger partial charge on any atom is -0.454 e. The first-order valence-electron chi connectivity index (χ1n) is 10.5. The minimum absolute atomic E-state index is 0.108. The van der Waals surface area contributed by atoms with E-state index in [-0.39, 0.29) is 23.6 Å². The number of carbonyl (C=O) groups excluding carboxylic acids is 1. The molecule has 0 spiro atoms. The lowest BCUT2D eigenvalue weighted by molar-refractivity contribution is 0.102. The van der Waals surface area contributed by atoms with Gasteiger partial charge in [0.1, 0.15) is 5.01 Å². The van der Waals surface area contributed by atoms with Gasteiger partial charge in [-0.3, -0.25) is 4.79 Å². The highest BCUT2D eigenvalue weighted by molar-refractivity contribution is 7.89. The molecule has 172 valence electrons. The molecule has 0 saturated carbocycles. The minimum atomic E-state index is -3.59. The average Bonchev–Trinajstić information content (AvgIpc) is 3.49. The summed E-state index contributed by atoms with van der Waals surface area (Å²) in [7, 11) is -3.59. The maximum absolute atomic E-state index is 13.1. The smallest absolute Gasteiger partial charge is 0.286 e. The number of rotatable bonds is 5. The van der Waals surface area contributed by atoms with Gasteiger partial charge in [-0.2, -0.15) is 4.31 Å². The lowest BCUT2D eigenvalue weighted by atomic mass is 10.0. The van der Waals surface area contributed by atoms with Gasteiger partial charge in [-0.05, 0) is 49.6 Å². The van der Waals surface area contributed by atoms with Crippen LogP contribution in [-0.4, -0.2) is 48.7 Å². The molecule has 2 aliphatic rings. The molecule has 1 fully saturated rings. The SMILES string of the molecule is Cc1cccc(S(=O)(=O)N2CCCC(c3nnc(C(=O)Nc4ccc5c(c4)OCO5)s3)C2)c1. The number of nitrogens with one attached hydrogen (secondary N) is 1. The molecule has 1 saturated heterocycles. The van der Waals surface area contributed by atoms with Gasteiger partial charge in [0, 0.05) is 30.8 Å². The van der Waals surface area contributed by atoms with Crippen LogP contribution in [-0.2, 0) is 10.0 Å². The van der Waals surface area contributed by atoms with E-state index in [1.165, 1.54) is 15.6 Å². The Labute approximate surface area is 195 Å². The molecule has 1 aromatic heterocycles. The van der Waals surface area contributed by atoms with Gasteiger partial charge < -0.3 is 14.8 Å². The van der Waals surface area contributed by atoms with Crippen LogP contribution in [0.15, 0.2) is 47.4 Å². The molecule has 1 unspecified atom stereocenters. The number of nitrogens with zero attached hydrogens (tertiary/aromatic N) is 3. The van der Waals surface area contributed by atoms with Gasteiger partial charge in [0.25, 0.3) is 5.91 Å². The quantitative estimate of drug-likeness (QED) is 0.588. The molecule has 3 aromatic rings. The zero-order chi connectivity index (χ0) is 23.0. The summed E-state index contributed by atoms with van der Waals surface area (Å²) >= 11 is 1.19. The fraction of sp³-hybridized carbons (Fsp3) is 0.318. The Bertz CT molecular complexity index is 1310. The van der Waals surface area contributed by atoms with Gasteiger partial charge in [0.2, 0.25) is 21.8 Å². The molecule has 9 nitrogen and oxygen atoms in total. The van der Waals surface area contributed by atoms with E-state index in [1.807, 2.05) is 13.0 Å². The van der Waals surface area contributed by atoms with Gasteiger partial charge in [0.05, 0.1) is 4.90 Å². The molecule has 33 heavy (non-hydrogen) atoms. The second-order valence-corrected chi connectivity index (χ2v) is 10.9. The van der Waals surface area contributed by atoms with Crippen molar-refractivity contribution in [3.63, 3.8) is 0 Å². The summed E-state index contributed by atoms with van der Waals surface area (Å²) in [5, 5.41) is 11.9. The molecule has 11 heteroatoms. The molecule has 2 aliphatic heterocycles. The van der Waals surface area contributed by atoms with Crippen molar-refractivity contribution in [3.8, 4) is 11.5 Å². The largest absolute Gasteiger partial charge is 0.454 e. The van der Waals surface area contributed by atoms with E-state index in [9.17, 15) is 13.2 Å². The van der Waals surface area contributed by atoms with Crippen molar-refractivity contribution in [2.75, 3.05) is 25.2 Å². The Morgan fingerprint density at radius 3 is 2.85 bits per heavy atom. The Hall–Kier alpha value is -3.02. The van der Waals surface area contributed by atoms with Crippen molar-refractivity contribution in [2.45, 2.75) is 30.6 Å². The van der Waals surface area contributed by atoms with Crippen LogP contribution < -0.4 is 14.8 Å². The fourth-order valence-electron chi connectivity index (χ4n) is 3.94. The van der Waals surface area contributed by atoms with Crippen LogP contribution in [0.1, 0.15) is 39.1 Å². The lowest BCUT2D eigenvalue weighted by Gasteiger charge is -2.30. The maximum Gasteiger partial charge on any atom is 0.286 e. The van der Waals surface area contributed by atoms with E-state index in [4.69, 9.17) is 9.47 Å². The zero-order valence-electron chi connectivity index (χ0n) is 17.9. The first-order valence-corrected chi connectivity index (χ1v) is 12.8. The summed E-state index contributed by atoms with van der Waals surface area (Å²) in [6, 6.07) is 12.1. The normalized spacial score (nSPS) is 18.3. The number of hydrogen-bond donors (Lipinski definition) is 1. The van der Waals surface area contributed by atoms with Crippen LogP contribution in [0.2, 0.25) is 0 Å². The summed E-state index contributed by atoms with van der Waals surface area (Å²) in [4.78, 5) is 13.0. The summed E-state index contributed by atoms with van der Waals surface area (Å²) < 4.78 is 38.4. The zero-order valence-corrected chi connectivity index (χ0v) is 19.5. The van der Waals surface area contributed by atoms with Crippen LogP contribution in [0.25, 0.3) is 0 Å². The first kappa shape index (κ1) is 21.8. The third kappa shape index (κ3) is 4.43. The van der Waals surface area contributed by atoms with E-state index >= 15 is 0 Å². The summed E-state index contributed by atoms with van der Waals surface area (Å²) in [6.45, 7) is 2.80. The molecule has 2 aromatic carbocycles. The third-order valence-electron chi connectivity index (χ3n) is 5.63. The fourth-order valence-corrected chi connectivity index (χ4v) is 6.43. The summed E-state index contributed by atoms with van der Waals surface area (Å²) in [5.41, 5.74) is 1.46. The monoisotopic (exact) mass is 486 g/mol. The van der Waals surface area contributed by atoms with E-state index in [0.29, 0.717) is 46.6 Å². The van der Waals surface area contributed by atoms with Gasteiger partial charge in [-0.1, -0.05) is 23.5 Å². The molecule has 1 N–H and O–H groups in total. The second kappa shape index (κ2) is 8.73. The van der Waals surface area contributed by atoms with E-state index in [0.717, 1.165) is 12.0 Å². The van der Waals surface area contributed by atoms with Crippen molar-refractivity contribution in [2.24, 2.45) is 0 Å². The van der Waals surface area contributed by atoms with Gasteiger partial charge in [0.15, 0.2) is 11.5 Å².